The quantitative estimate of drug-likeness (QED) is 0.374. The molecule has 1 aromatic rings. The van der Waals surface area contributed by atoms with Crippen LogP contribution >= 0.6 is 35.3 Å². The predicted molar refractivity (Wildman–Crippen MR) is 54.7 cm³/mol. The number of aromatic amines is 1. The molecule has 72 valence electrons. The maximum atomic E-state index is 10.4. The molecule has 0 aliphatic rings. The van der Waals surface area contributed by atoms with Gasteiger partial charge in [0.05, 0.1) is 0 Å². The average Bonchev–Trinajstić information content (AvgIpc) is 2.45. The summed E-state index contributed by atoms with van der Waals surface area (Å²) >= 11 is 7.79. The molecule has 0 amide bonds. The number of carbonyl (C=O) groups excluding carboxylic acids is 1. The van der Waals surface area contributed by atoms with Crippen LogP contribution in [0.3, 0.4) is 0 Å². The second-order valence-corrected chi connectivity index (χ2v) is 5.08. The number of hydrogen-bond donors (Lipinski definition) is 1. The minimum absolute atomic E-state index is 0.254. The number of hydrogen-bond acceptors (Lipinski definition) is 6. The van der Waals surface area contributed by atoms with Gasteiger partial charge in [-0.1, -0.05) is 23.1 Å². The van der Waals surface area contributed by atoms with Crippen molar-refractivity contribution in [1.82, 2.24) is 10.2 Å². The third kappa shape index (κ3) is 4.39. The zero-order valence-electron chi connectivity index (χ0n) is 6.90. The number of nitrogens with one attached hydrogen (secondary N) is 1. The van der Waals surface area contributed by atoms with E-state index in [1.54, 1.807) is 0 Å². The molecule has 0 spiro atoms. The minimum atomic E-state index is -0.254. The zero-order chi connectivity index (χ0) is 9.68. The number of rotatable bonds is 4. The highest BCUT2D eigenvalue weighted by atomic mass is 32.2. The van der Waals surface area contributed by atoms with Gasteiger partial charge in [-0.15, -0.1) is 0 Å². The van der Waals surface area contributed by atoms with Crippen LogP contribution in [-0.2, 0) is 9.53 Å². The van der Waals surface area contributed by atoms with Crippen molar-refractivity contribution in [1.29, 1.82) is 0 Å². The lowest BCUT2D eigenvalue weighted by atomic mass is 10.8. The first-order valence-electron chi connectivity index (χ1n) is 3.50. The van der Waals surface area contributed by atoms with Crippen LogP contribution in [0.4, 0.5) is 0 Å². The summed E-state index contributed by atoms with van der Waals surface area (Å²) < 4.78 is 6.29. The zero-order valence-corrected chi connectivity index (χ0v) is 9.35. The molecule has 0 radical (unpaired) electrons. The summed E-state index contributed by atoms with van der Waals surface area (Å²) in [4.78, 5) is 10.4. The Hall–Kier alpha value is -0.400. The van der Waals surface area contributed by atoms with Crippen LogP contribution in [0.15, 0.2) is 4.34 Å². The van der Waals surface area contributed by atoms with Gasteiger partial charge in [-0.05, 0) is 12.2 Å². The highest BCUT2D eigenvalue weighted by Crippen LogP contribution is 2.19. The Morgan fingerprint density at radius 1 is 1.85 bits per heavy atom. The van der Waals surface area contributed by atoms with Gasteiger partial charge < -0.3 is 4.74 Å². The molecule has 0 saturated heterocycles. The number of ether oxygens (including phenoxy) is 1. The molecule has 0 aliphatic heterocycles. The largest absolute Gasteiger partial charge is 0.465 e. The standard InChI is InChI=1S/C6H8N2O2S3/c1-4(9)10-2-3-12-6-8-7-5(11)13-6/h2-3H2,1H3,(H,7,11). The minimum Gasteiger partial charge on any atom is -0.465 e. The summed E-state index contributed by atoms with van der Waals surface area (Å²) in [7, 11) is 0. The first-order chi connectivity index (χ1) is 6.18. The van der Waals surface area contributed by atoms with Gasteiger partial charge in [-0.25, -0.2) is 0 Å². The van der Waals surface area contributed by atoms with E-state index in [1.807, 2.05) is 0 Å². The highest BCUT2D eigenvalue weighted by Gasteiger charge is 1.99. The summed E-state index contributed by atoms with van der Waals surface area (Å²) in [6.45, 7) is 1.80. The number of aromatic nitrogens is 2. The topological polar surface area (TPSA) is 55.0 Å². The fourth-order valence-corrected chi connectivity index (χ4v) is 2.56. The number of H-pyrrole nitrogens is 1. The van der Waals surface area contributed by atoms with Crippen LogP contribution in [-0.4, -0.2) is 28.5 Å². The Balaban J connectivity index is 2.20. The predicted octanol–water partition coefficient (Wildman–Crippen LogP) is 1.86. The first-order valence-corrected chi connectivity index (χ1v) is 5.71. The van der Waals surface area contributed by atoms with Crippen molar-refractivity contribution in [2.45, 2.75) is 11.3 Å². The smallest absolute Gasteiger partial charge is 0.302 e. The van der Waals surface area contributed by atoms with E-state index in [-0.39, 0.29) is 5.97 Å². The molecule has 13 heavy (non-hydrogen) atoms. The number of thioether (sulfide) groups is 1. The highest BCUT2D eigenvalue weighted by molar-refractivity contribution is 8.01. The molecule has 4 nitrogen and oxygen atoms in total. The molecule has 0 fully saturated rings. The van der Waals surface area contributed by atoms with Crippen LogP contribution in [0.2, 0.25) is 0 Å². The molecule has 0 aromatic carbocycles. The fraction of sp³-hybridized carbons (Fsp3) is 0.500. The lowest BCUT2D eigenvalue weighted by Crippen LogP contribution is -2.02. The normalized spacial score (nSPS) is 9.92. The Morgan fingerprint density at radius 3 is 3.15 bits per heavy atom. The van der Waals surface area contributed by atoms with Gasteiger partial charge in [-0.2, -0.15) is 5.10 Å². The molecule has 1 rings (SSSR count). The van der Waals surface area contributed by atoms with Gasteiger partial charge in [0.15, 0.2) is 8.29 Å². The lowest BCUT2D eigenvalue weighted by Gasteiger charge is -1.98. The molecule has 1 heterocycles. The molecule has 1 aromatic heterocycles. The summed E-state index contributed by atoms with van der Waals surface area (Å²) in [6.07, 6.45) is 0. The van der Waals surface area contributed by atoms with Gasteiger partial charge >= 0.3 is 5.97 Å². The Kier molecular flexibility index (Phi) is 4.40. The number of carbonyl (C=O) groups is 1. The monoisotopic (exact) mass is 236 g/mol. The van der Waals surface area contributed by atoms with Crippen molar-refractivity contribution in [3.63, 3.8) is 0 Å². The SMILES string of the molecule is CC(=O)OCCSc1n[nH]c(=S)s1. The van der Waals surface area contributed by atoms with Crippen LogP contribution in [0.25, 0.3) is 0 Å². The van der Waals surface area contributed by atoms with E-state index in [9.17, 15) is 4.79 Å². The molecule has 0 atom stereocenters. The molecule has 0 aliphatic carbocycles. The van der Waals surface area contributed by atoms with E-state index in [2.05, 4.69) is 10.2 Å². The molecule has 0 unspecified atom stereocenters. The Bertz CT molecular complexity index is 333. The maximum absolute atomic E-state index is 10.4. The number of nitrogens with zero attached hydrogens (tertiary/aromatic N) is 1. The van der Waals surface area contributed by atoms with E-state index in [0.717, 1.165) is 4.34 Å². The van der Waals surface area contributed by atoms with E-state index in [1.165, 1.54) is 30.0 Å². The second kappa shape index (κ2) is 5.36. The molecular formula is C6H8N2O2S3. The summed E-state index contributed by atoms with van der Waals surface area (Å²) in [5, 5.41) is 6.62. The Morgan fingerprint density at radius 2 is 2.62 bits per heavy atom. The third-order valence-corrected chi connectivity index (χ3v) is 3.23. The van der Waals surface area contributed by atoms with Gasteiger partial charge in [0, 0.05) is 12.7 Å². The van der Waals surface area contributed by atoms with Crippen molar-refractivity contribution in [2.75, 3.05) is 12.4 Å². The second-order valence-electron chi connectivity index (χ2n) is 2.07. The Labute approximate surface area is 88.7 Å². The first kappa shape index (κ1) is 10.7. The molecular weight excluding hydrogens is 228 g/mol. The summed E-state index contributed by atoms with van der Waals surface area (Å²) in [5.74, 6) is 0.450. The van der Waals surface area contributed by atoms with Crippen molar-refractivity contribution in [3.8, 4) is 0 Å². The van der Waals surface area contributed by atoms with Crippen molar-refractivity contribution in [2.24, 2.45) is 0 Å². The van der Waals surface area contributed by atoms with Gasteiger partial charge in [0.1, 0.15) is 6.61 Å². The summed E-state index contributed by atoms with van der Waals surface area (Å²) in [5.41, 5.74) is 0. The molecule has 0 saturated carbocycles. The average molecular weight is 236 g/mol. The van der Waals surface area contributed by atoms with Crippen LogP contribution in [0.1, 0.15) is 6.92 Å². The molecule has 1 N–H and O–H groups in total. The van der Waals surface area contributed by atoms with E-state index in [0.29, 0.717) is 16.3 Å². The van der Waals surface area contributed by atoms with Crippen LogP contribution in [0, 0.1) is 3.95 Å². The van der Waals surface area contributed by atoms with E-state index in [4.69, 9.17) is 17.0 Å². The lowest BCUT2D eigenvalue weighted by molar-refractivity contribution is -0.140. The molecule has 0 bridgehead atoms. The van der Waals surface area contributed by atoms with E-state index >= 15 is 0 Å². The fourth-order valence-electron chi connectivity index (χ4n) is 0.592. The van der Waals surface area contributed by atoms with Gasteiger partial charge in [0.2, 0.25) is 0 Å². The number of esters is 1. The third-order valence-electron chi connectivity index (χ3n) is 1.03. The van der Waals surface area contributed by atoms with Gasteiger partial charge in [0.25, 0.3) is 0 Å². The summed E-state index contributed by atoms with van der Waals surface area (Å²) in [6, 6.07) is 0. The van der Waals surface area contributed by atoms with Crippen LogP contribution in [0.5, 0.6) is 0 Å². The molecule has 7 heteroatoms. The van der Waals surface area contributed by atoms with Crippen molar-refractivity contribution in [3.05, 3.63) is 3.95 Å². The maximum Gasteiger partial charge on any atom is 0.302 e. The van der Waals surface area contributed by atoms with Gasteiger partial charge in [-0.3, -0.25) is 9.89 Å². The van der Waals surface area contributed by atoms with E-state index < -0.39 is 0 Å². The van der Waals surface area contributed by atoms with Crippen LogP contribution < -0.4 is 0 Å². The van der Waals surface area contributed by atoms with Crippen molar-refractivity contribution >= 4 is 41.3 Å². The van der Waals surface area contributed by atoms with Crippen molar-refractivity contribution < 1.29 is 9.53 Å².